The summed E-state index contributed by atoms with van der Waals surface area (Å²) in [6.07, 6.45) is 7.41. The Kier molecular flexibility index (Phi) is 6.20. The van der Waals surface area contributed by atoms with Gasteiger partial charge in [0.15, 0.2) is 0 Å². The van der Waals surface area contributed by atoms with E-state index < -0.39 is 0 Å². The van der Waals surface area contributed by atoms with E-state index in [1.807, 2.05) is 0 Å². The van der Waals surface area contributed by atoms with Gasteiger partial charge in [-0.05, 0) is 35.4 Å². The van der Waals surface area contributed by atoms with Crippen molar-refractivity contribution in [1.29, 1.82) is 0 Å². The molecule has 0 radical (unpaired) electrons. The molecule has 0 spiro atoms. The molecule has 1 heterocycles. The average Bonchev–Trinajstić information content (AvgIpc) is 2.57. The molecule has 0 aromatic carbocycles. The van der Waals surface area contributed by atoms with Gasteiger partial charge in [0.05, 0.1) is 5.69 Å². The summed E-state index contributed by atoms with van der Waals surface area (Å²) in [4.78, 5) is 0. The van der Waals surface area contributed by atoms with Crippen molar-refractivity contribution in [1.82, 2.24) is 15.0 Å². The number of hydrogen-bond donors (Lipinski definition) is 0. The van der Waals surface area contributed by atoms with Gasteiger partial charge in [0.2, 0.25) is 0 Å². The van der Waals surface area contributed by atoms with E-state index in [1.54, 1.807) is 0 Å². The Morgan fingerprint density at radius 2 is 1.93 bits per heavy atom. The van der Waals surface area contributed by atoms with Gasteiger partial charge in [-0.15, -0.1) is 5.10 Å². The summed E-state index contributed by atoms with van der Waals surface area (Å²) in [7, 11) is 0. The van der Waals surface area contributed by atoms with Gasteiger partial charge in [0.25, 0.3) is 0 Å². The minimum Gasteiger partial charge on any atom is -0.248 e. The molecule has 0 saturated heterocycles. The molecule has 3 nitrogen and oxygen atoms in total. The van der Waals surface area contributed by atoms with E-state index in [0.717, 1.165) is 16.7 Å². The molecule has 0 unspecified atom stereocenters. The highest BCUT2D eigenvalue weighted by Gasteiger charge is 2.08. The van der Waals surface area contributed by atoms with E-state index in [2.05, 4.69) is 51.4 Å². The predicted octanol–water partition coefficient (Wildman–Crippen LogP) is 3.42. The maximum atomic E-state index is 4.19. The van der Waals surface area contributed by atoms with Crippen LogP contribution < -0.4 is 0 Å². The first-order valence-electron chi connectivity index (χ1n) is 5.87. The molecule has 0 fully saturated rings. The number of aryl methyl sites for hydroxylation is 1. The van der Waals surface area contributed by atoms with Crippen LogP contribution in [0, 0.1) is 3.70 Å². The molecule has 1 aromatic rings. The third-order valence-corrected chi connectivity index (χ3v) is 3.34. The molecule has 0 saturated carbocycles. The normalized spacial score (nSPS) is 10.9. The Morgan fingerprint density at radius 3 is 2.60 bits per heavy atom. The molecule has 1 rings (SSSR count). The molecule has 0 bridgehead atoms. The smallest absolute Gasteiger partial charge is 0.146 e. The fourth-order valence-corrected chi connectivity index (χ4v) is 2.29. The van der Waals surface area contributed by atoms with Gasteiger partial charge in [-0.2, -0.15) is 0 Å². The first-order chi connectivity index (χ1) is 7.29. The lowest BCUT2D eigenvalue weighted by molar-refractivity contribution is 0.510. The number of aromatic nitrogens is 3. The largest absolute Gasteiger partial charge is 0.248 e. The molecule has 0 aliphatic rings. The zero-order chi connectivity index (χ0) is 11.1. The fraction of sp³-hybridized carbons (Fsp3) is 0.818. The number of unbranched alkanes of at least 4 members (excludes halogenated alkanes) is 3. The minimum absolute atomic E-state index is 1.03. The monoisotopic (exact) mass is 321 g/mol. The van der Waals surface area contributed by atoms with E-state index in [9.17, 15) is 0 Å². The van der Waals surface area contributed by atoms with Crippen LogP contribution in [0.2, 0.25) is 0 Å². The number of halogens is 1. The molecule has 0 N–H and O–H groups in total. The van der Waals surface area contributed by atoms with Crippen molar-refractivity contribution in [3.05, 3.63) is 9.39 Å². The Bertz CT molecular complexity index is 283. The lowest BCUT2D eigenvalue weighted by atomic mass is 10.2. The van der Waals surface area contributed by atoms with Crippen LogP contribution in [0.1, 0.15) is 51.6 Å². The van der Waals surface area contributed by atoms with Crippen LogP contribution >= 0.6 is 22.6 Å². The first-order valence-corrected chi connectivity index (χ1v) is 6.95. The molecule has 4 heteroatoms. The lowest BCUT2D eigenvalue weighted by Crippen LogP contribution is -2.05. The van der Waals surface area contributed by atoms with Crippen molar-refractivity contribution in [3.63, 3.8) is 0 Å². The van der Waals surface area contributed by atoms with Crippen molar-refractivity contribution in [2.24, 2.45) is 0 Å². The average molecular weight is 321 g/mol. The Hall–Kier alpha value is -0.130. The number of rotatable bonds is 7. The second kappa shape index (κ2) is 7.19. The summed E-state index contributed by atoms with van der Waals surface area (Å²) >= 11 is 2.28. The summed E-state index contributed by atoms with van der Waals surface area (Å²) in [6.45, 7) is 5.47. The Morgan fingerprint density at radius 1 is 1.13 bits per heavy atom. The van der Waals surface area contributed by atoms with Crippen molar-refractivity contribution in [3.8, 4) is 0 Å². The molecule has 1 aromatic heterocycles. The second-order valence-corrected chi connectivity index (χ2v) is 4.88. The van der Waals surface area contributed by atoms with Crippen LogP contribution in [0.5, 0.6) is 0 Å². The molecular formula is C11H20IN3. The van der Waals surface area contributed by atoms with Crippen LogP contribution in [0.4, 0.5) is 0 Å². The van der Waals surface area contributed by atoms with Gasteiger partial charge in [0.1, 0.15) is 3.70 Å². The summed E-state index contributed by atoms with van der Waals surface area (Å²) in [5.41, 5.74) is 1.31. The maximum absolute atomic E-state index is 4.19. The van der Waals surface area contributed by atoms with Crippen LogP contribution in [0.3, 0.4) is 0 Å². The molecule has 86 valence electrons. The Balaban J connectivity index is 2.45. The SMILES string of the molecule is CCCCCCn1nnc(I)c1CCC. The molecule has 0 atom stereocenters. The zero-order valence-corrected chi connectivity index (χ0v) is 11.8. The van der Waals surface area contributed by atoms with E-state index in [-0.39, 0.29) is 0 Å². The summed E-state index contributed by atoms with van der Waals surface area (Å²) in [5.74, 6) is 0. The van der Waals surface area contributed by atoms with E-state index in [1.165, 1.54) is 37.8 Å². The van der Waals surface area contributed by atoms with Crippen molar-refractivity contribution < 1.29 is 0 Å². The third-order valence-electron chi connectivity index (χ3n) is 2.50. The second-order valence-electron chi connectivity index (χ2n) is 3.86. The minimum atomic E-state index is 1.03. The lowest BCUT2D eigenvalue weighted by Gasteiger charge is -2.05. The summed E-state index contributed by atoms with van der Waals surface area (Å²) in [5, 5.41) is 8.32. The Labute approximate surface area is 106 Å². The highest BCUT2D eigenvalue weighted by atomic mass is 127. The maximum Gasteiger partial charge on any atom is 0.146 e. The highest BCUT2D eigenvalue weighted by Crippen LogP contribution is 2.12. The third kappa shape index (κ3) is 4.09. The fourth-order valence-electron chi connectivity index (χ4n) is 1.65. The van der Waals surface area contributed by atoms with Crippen LogP contribution in [0.15, 0.2) is 0 Å². The number of nitrogens with zero attached hydrogens (tertiary/aromatic N) is 3. The molecule has 0 amide bonds. The van der Waals surface area contributed by atoms with Gasteiger partial charge in [-0.3, -0.25) is 0 Å². The highest BCUT2D eigenvalue weighted by molar-refractivity contribution is 14.1. The number of hydrogen-bond acceptors (Lipinski definition) is 2. The van der Waals surface area contributed by atoms with Crippen molar-refractivity contribution in [2.75, 3.05) is 0 Å². The van der Waals surface area contributed by atoms with Gasteiger partial charge in [-0.25, -0.2) is 4.68 Å². The zero-order valence-electron chi connectivity index (χ0n) is 9.67. The standard InChI is InChI=1S/C11H20IN3/c1-3-5-6-7-9-15-10(8-4-2)11(12)13-14-15/h3-9H2,1-2H3. The quantitative estimate of drug-likeness (QED) is 0.569. The van der Waals surface area contributed by atoms with Gasteiger partial charge >= 0.3 is 0 Å². The van der Waals surface area contributed by atoms with Crippen molar-refractivity contribution >= 4 is 22.6 Å². The predicted molar refractivity (Wildman–Crippen MR) is 70.9 cm³/mol. The van der Waals surface area contributed by atoms with Gasteiger partial charge in [-0.1, -0.05) is 44.7 Å². The van der Waals surface area contributed by atoms with E-state index >= 15 is 0 Å². The van der Waals surface area contributed by atoms with Crippen LogP contribution in [-0.4, -0.2) is 15.0 Å². The molecule has 0 aliphatic carbocycles. The first kappa shape index (κ1) is 12.9. The van der Waals surface area contributed by atoms with Gasteiger partial charge in [0, 0.05) is 6.54 Å². The van der Waals surface area contributed by atoms with E-state index in [0.29, 0.717) is 0 Å². The topological polar surface area (TPSA) is 30.7 Å². The summed E-state index contributed by atoms with van der Waals surface area (Å²) in [6, 6.07) is 0. The van der Waals surface area contributed by atoms with Crippen LogP contribution in [-0.2, 0) is 13.0 Å². The molecule has 15 heavy (non-hydrogen) atoms. The van der Waals surface area contributed by atoms with Gasteiger partial charge < -0.3 is 0 Å². The molecular weight excluding hydrogens is 301 g/mol. The van der Waals surface area contributed by atoms with E-state index in [4.69, 9.17) is 0 Å². The van der Waals surface area contributed by atoms with Crippen molar-refractivity contribution in [2.45, 2.75) is 58.9 Å². The molecule has 0 aliphatic heterocycles. The summed E-state index contributed by atoms with van der Waals surface area (Å²) < 4.78 is 3.16. The van der Waals surface area contributed by atoms with Crippen LogP contribution in [0.25, 0.3) is 0 Å².